The van der Waals surface area contributed by atoms with Gasteiger partial charge in [-0.2, -0.15) is 0 Å². The van der Waals surface area contributed by atoms with E-state index in [1.54, 1.807) is 7.11 Å². The predicted molar refractivity (Wildman–Crippen MR) is 110 cm³/mol. The quantitative estimate of drug-likeness (QED) is 0.879. The van der Waals surface area contributed by atoms with E-state index in [2.05, 4.69) is 28.6 Å². The Hall–Kier alpha value is -2.05. The molecule has 2 saturated heterocycles. The number of nitrogens with one attached hydrogen (secondary N) is 1. The van der Waals surface area contributed by atoms with Gasteiger partial charge >= 0.3 is 0 Å². The molecule has 0 bridgehead atoms. The van der Waals surface area contributed by atoms with Gasteiger partial charge in [0.15, 0.2) is 0 Å². The highest BCUT2D eigenvalue weighted by Crippen LogP contribution is 2.30. The number of methoxy groups -OCH3 is 1. The minimum Gasteiger partial charge on any atom is -0.497 e. The van der Waals surface area contributed by atoms with E-state index in [4.69, 9.17) is 9.47 Å². The molecule has 1 amide bonds. The van der Waals surface area contributed by atoms with Crippen molar-refractivity contribution in [2.45, 2.75) is 45.4 Å². The van der Waals surface area contributed by atoms with Crippen LogP contribution in [0.15, 0.2) is 18.2 Å². The number of rotatable bonds is 4. The first kappa shape index (κ1) is 19.3. The number of benzene rings is 1. The summed E-state index contributed by atoms with van der Waals surface area (Å²) in [5.74, 6) is 1.28. The lowest BCUT2D eigenvalue weighted by Crippen LogP contribution is -2.48. The Kier molecular flexibility index (Phi) is 5.10. The number of morpholine rings is 1. The lowest BCUT2D eigenvalue weighted by molar-refractivity contribution is -0.0683. The minimum absolute atomic E-state index is 0.00234. The fourth-order valence-corrected chi connectivity index (χ4v) is 4.63. The molecule has 152 valence electrons. The molecule has 1 aromatic carbocycles. The Balaban J connectivity index is 1.53. The van der Waals surface area contributed by atoms with E-state index in [9.17, 15) is 4.79 Å². The summed E-state index contributed by atoms with van der Waals surface area (Å²) in [7, 11) is 3.65. The van der Waals surface area contributed by atoms with Crippen LogP contribution >= 0.6 is 0 Å². The van der Waals surface area contributed by atoms with Crippen LogP contribution in [0, 0.1) is 12.8 Å². The number of nitrogens with zero attached hydrogens (tertiary/aromatic N) is 2. The van der Waals surface area contributed by atoms with E-state index in [0.717, 1.165) is 54.0 Å². The first-order valence-electron chi connectivity index (χ1n) is 10.2. The van der Waals surface area contributed by atoms with Crippen LogP contribution in [0.3, 0.4) is 0 Å². The highest BCUT2D eigenvalue weighted by atomic mass is 16.5. The van der Waals surface area contributed by atoms with Crippen molar-refractivity contribution in [1.29, 1.82) is 0 Å². The first-order valence-corrected chi connectivity index (χ1v) is 10.2. The van der Waals surface area contributed by atoms with Gasteiger partial charge in [-0.15, -0.1) is 0 Å². The Labute approximate surface area is 166 Å². The number of amides is 1. The molecule has 2 aliphatic rings. The molecule has 6 nitrogen and oxygen atoms in total. The van der Waals surface area contributed by atoms with Gasteiger partial charge in [0, 0.05) is 48.8 Å². The zero-order chi connectivity index (χ0) is 20.0. The van der Waals surface area contributed by atoms with Crippen LogP contribution in [0.1, 0.15) is 36.3 Å². The maximum absolute atomic E-state index is 13.2. The SMILES string of the molecule is COc1ccc2c(c1)c(C(=O)N[C@@H]1C[C@H]3CO[C@H](C(C)C)CN3C1)c(C)n2C. The van der Waals surface area contributed by atoms with Crippen LogP contribution < -0.4 is 10.1 Å². The van der Waals surface area contributed by atoms with Gasteiger partial charge in [0.1, 0.15) is 5.75 Å². The number of hydrogen-bond acceptors (Lipinski definition) is 4. The van der Waals surface area contributed by atoms with Crippen molar-refractivity contribution in [2.24, 2.45) is 13.0 Å². The van der Waals surface area contributed by atoms with Crippen LogP contribution in [-0.4, -0.2) is 60.4 Å². The average Bonchev–Trinajstić information content (AvgIpc) is 3.18. The van der Waals surface area contributed by atoms with E-state index in [1.165, 1.54) is 0 Å². The van der Waals surface area contributed by atoms with Gasteiger partial charge in [-0.05, 0) is 37.5 Å². The second kappa shape index (κ2) is 7.41. The highest BCUT2D eigenvalue weighted by Gasteiger charge is 2.39. The summed E-state index contributed by atoms with van der Waals surface area (Å²) >= 11 is 0. The summed E-state index contributed by atoms with van der Waals surface area (Å²) in [5, 5.41) is 4.23. The molecular formula is C22H31N3O3. The van der Waals surface area contributed by atoms with Gasteiger partial charge in [-0.1, -0.05) is 13.8 Å². The molecule has 2 aromatic rings. The van der Waals surface area contributed by atoms with E-state index >= 15 is 0 Å². The molecule has 28 heavy (non-hydrogen) atoms. The van der Waals surface area contributed by atoms with Gasteiger partial charge in [-0.25, -0.2) is 0 Å². The molecule has 3 heterocycles. The molecule has 0 saturated carbocycles. The van der Waals surface area contributed by atoms with E-state index < -0.39 is 0 Å². The summed E-state index contributed by atoms with van der Waals surface area (Å²) < 4.78 is 13.5. The number of carbonyl (C=O) groups excluding carboxylic acids is 1. The normalized spacial score (nSPS) is 25.3. The van der Waals surface area contributed by atoms with Crippen molar-refractivity contribution >= 4 is 16.8 Å². The lowest BCUT2D eigenvalue weighted by Gasteiger charge is -2.36. The van der Waals surface area contributed by atoms with Gasteiger partial charge in [0.05, 0.1) is 25.4 Å². The molecule has 0 spiro atoms. The van der Waals surface area contributed by atoms with Crippen molar-refractivity contribution in [3.63, 3.8) is 0 Å². The van der Waals surface area contributed by atoms with Gasteiger partial charge in [0.25, 0.3) is 5.91 Å². The number of aryl methyl sites for hydroxylation is 1. The van der Waals surface area contributed by atoms with Crippen LogP contribution in [0.5, 0.6) is 5.75 Å². The van der Waals surface area contributed by atoms with Crippen LogP contribution in [0.2, 0.25) is 0 Å². The molecule has 1 aromatic heterocycles. The number of ether oxygens (including phenoxy) is 2. The maximum atomic E-state index is 13.2. The average molecular weight is 386 g/mol. The van der Waals surface area contributed by atoms with Crippen molar-refractivity contribution in [2.75, 3.05) is 26.8 Å². The molecule has 4 rings (SSSR count). The fourth-order valence-electron chi connectivity index (χ4n) is 4.63. The third-order valence-electron chi connectivity index (χ3n) is 6.45. The van der Waals surface area contributed by atoms with Gasteiger partial charge < -0.3 is 19.4 Å². The zero-order valence-corrected chi connectivity index (χ0v) is 17.5. The highest BCUT2D eigenvalue weighted by molar-refractivity contribution is 6.08. The van der Waals surface area contributed by atoms with Crippen molar-refractivity contribution < 1.29 is 14.3 Å². The summed E-state index contributed by atoms with van der Waals surface area (Å²) in [5.41, 5.74) is 2.76. The van der Waals surface area contributed by atoms with E-state index in [-0.39, 0.29) is 11.9 Å². The van der Waals surface area contributed by atoms with Crippen LogP contribution in [-0.2, 0) is 11.8 Å². The van der Waals surface area contributed by atoms with Gasteiger partial charge in [0.2, 0.25) is 0 Å². The van der Waals surface area contributed by atoms with Gasteiger partial charge in [-0.3, -0.25) is 9.69 Å². The molecule has 0 unspecified atom stereocenters. The molecule has 3 atom stereocenters. The minimum atomic E-state index is 0.00234. The monoisotopic (exact) mass is 385 g/mol. The third kappa shape index (κ3) is 3.29. The van der Waals surface area contributed by atoms with E-state index in [0.29, 0.717) is 18.1 Å². The zero-order valence-electron chi connectivity index (χ0n) is 17.5. The van der Waals surface area contributed by atoms with E-state index in [1.807, 2.05) is 32.2 Å². The molecule has 0 aliphatic carbocycles. The number of carbonyl (C=O) groups is 1. The first-order chi connectivity index (χ1) is 13.4. The Morgan fingerprint density at radius 1 is 1.32 bits per heavy atom. The summed E-state index contributed by atoms with van der Waals surface area (Å²) in [4.78, 5) is 15.7. The second-order valence-electron chi connectivity index (χ2n) is 8.53. The topological polar surface area (TPSA) is 55.7 Å². The number of hydrogen-bond donors (Lipinski definition) is 1. The van der Waals surface area contributed by atoms with Crippen LogP contribution in [0.25, 0.3) is 10.9 Å². The molecule has 6 heteroatoms. The number of fused-ring (bicyclic) bond motifs is 2. The Morgan fingerprint density at radius 3 is 2.82 bits per heavy atom. The Morgan fingerprint density at radius 2 is 2.11 bits per heavy atom. The third-order valence-corrected chi connectivity index (χ3v) is 6.45. The molecule has 0 radical (unpaired) electrons. The lowest BCUT2D eigenvalue weighted by atomic mass is 10.0. The summed E-state index contributed by atoms with van der Waals surface area (Å²) in [6.45, 7) is 9.03. The van der Waals surface area contributed by atoms with Crippen molar-refractivity contribution in [1.82, 2.24) is 14.8 Å². The molecule has 1 N–H and O–H groups in total. The predicted octanol–water partition coefficient (Wildman–Crippen LogP) is 2.72. The molecule has 2 fully saturated rings. The summed E-state index contributed by atoms with van der Waals surface area (Å²) in [6.07, 6.45) is 1.24. The number of aromatic nitrogens is 1. The van der Waals surface area contributed by atoms with Crippen LogP contribution in [0.4, 0.5) is 0 Å². The van der Waals surface area contributed by atoms with Crippen molar-refractivity contribution in [3.05, 3.63) is 29.5 Å². The largest absolute Gasteiger partial charge is 0.497 e. The second-order valence-corrected chi connectivity index (χ2v) is 8.53. The smallest absolute Gasteiger partial charge is 0.253 e. The molecule has 2 aliphatic heterocycles. The Bertz CT molecular complexity index is 889. The standard InChI is InChI=1S/C22H31N3O3/c1-13(2)20-11-25-10-15(8-16(25)12-28-20)23-22(26)21-14(3)24(4)19-7-6-17(27-5)9-18(19)21/h6-7,9,13,15-16,20H,8,10-12H2,1-5H3,(H,23,26)/t15-,16+,20+/m1/s1. The van der Waals surface area contributed by atoms with Crippen molar-refractivity contribution in [3.8, 4) is 5.75 Å². The molecular weight excluding hydrogens is 354 g/mol. The maximum Gasteiger partial charge on any atom is 0.253 e. The fraction of sp³-hybridized carbons (Fsp3) is 0.591. The summed E-state index contributed by atoms with van der Waals surface area (Å²) in [6, 6.07) is 6.47.